The highest BCUT2D eigenvalue weighted by atomic mass is 35.5. The zero-order valence-electron chi connectivity index (χ0n) is 27.9. The van der Waals surface area contributed by atoms with E-state index in [2.05, 4.69) is 15.5 Å². The van der Waals surface area contributed by atoms with E-state index in [9.17, 15) is 9.59 Å². The van der Waals surface area contributed by atoms with E-state index in [1.165, 1.54) is 0 Å². The Hall–Kier alpha value is -3.73. The number of likely N-dealkylation sites (tertiary alicyclic amines) is 1. The summed E-state index contributed by atoms with van der Waals surface area (Å²) < 4.78 is 29.8. The van der Waals surface area contributed by atoms with Crippen LogP contribution >= 0.6 is 11.6 Å². The number of benzene rings is 1. The first-order chi connectivity index (χ1) is 23.1. The maximum Gasteiger partial charge on any atom is 0.410 e. The SMILES string of the molecule is C#CCOCCOCCOCCOCCn1c(CN2C(=O)C3(CCN(C(=O)OC(C)(C)C)CC3)c3ccncc32)nc2cc(Cl)ccc21. The Labute approximate surface area is 286 Å². The van der Waals surface area contributed by atoms with Gasteiger partial charge in [0, 0.05) is 30.9 Å². The van der Waals surface area contributed by atoms with Crippen LogP contribution in [0.25, 0.3) is 11.0 Å². The van der Waals surface area contributed by atoms with Gasteiger partial charge in [-0.25, -0.2) is 9.78 Å². The fraction of sp³-hybridized carbons (Fsp3) is 0.543. The molecule has 0 bridgehead atoms. The summed E-state index contributed by atoms with van der Waals surface area (Å²) in [6.07, 6.45) is 9.23. The number of terminal acetylenes is 1. The van der Waals surface area contributed by atoms with E-state index in [-0.39, 0.29) is 25.2 Å². The third-order valence-corrected chi connectivity index (χ3v) is 8.61. The molecule has 1 fully saturated rings. The fourth-order valence-electron chi connectivity index (χ4n) is 6.14. The molecule has 2 aliphatic heterocycles. The molecule has 1 spiro atoms. The smallest absolute Gasteiger partial charge is 0.410 e. The highest BCUT2D eigenvalue weighted by molar-refractivity contribution is 6.31. The third kappa shape index (κ3) is 8.46. The van der Waals surface area contributed by atoms with Gasteiger partial charge in [-0.15, -0.1) is 6.42 Å². The molecular formula is C35H44ClN5O7. The van der Waals surface area contributed by atoms with Gasteiger partial charge in [-0.2, -0.15) is 0 Å². The predicted octanol–water partition coefficient (Wildman–Crippen LogP) is 4.60. The Kier molecular flexibility index (Phi) is 11.9. The van der Waals surface area contributed by atoms with Crippen LogP contribution in [0.1, 0.15) is 45.0 Å². The van der Waals surface area contributed by atoms with Gasteiger partial charge in [0.15, 0.2) is 0 Å². The number of anilines is 1. The van der Waals surface area contributed by atoms with Gasteiger partial charge in [-0.1, -0.05) is 17.5 Å². The number of fused-ring (bicyclic) bond motifs is 3. The molecule has 2 aliphatic rings. The number of hydrogen-bond acceptors (Lipinski definition) is 9. The second-order valence-corrected chi connectivity index (χ2v) is 13.2. The topological polar surface area (TPSA) is 117 Å². The number of rotatable bonds is 15. The number of ether oxygens (including phenoxy) is 5. The van der Waals surface area contributed by atoms with Crippen LogP contribution in [-0.4, -0.2) is 103 Å². The van der Waals surface area contributed by atoms with Crippen molar-refractivity contribution in [3.63, 3.8) is 0 Å². The second kappa shape index (κ2) is 16.1. The number of amides is 2. The van der Waals surface area contributed by atoms with E-state index < -0.39 is 11.0 Å². The van der Waals surface area contributed by atoms with Gasteiger partial charge < -0.3 is 38.1 Å². The lowest BCUT2D eigenvalue weighted by Crippen LogP contribution is -2.51. The van der Waals surface area contributed by atoms with Crippen LogP contribution in [0.2, 0.25) is 5.02 Å². The predicted molar refractivity (Wildman–Crippen MR) is 181 cm³/mol. The summed E-state index contributed by atoms with van der Waals surface area (Å²) in [7, 11) is 0. The molecule has 1 saturated heterocycles. The molecular weight excluding hydrogens is 638 g/mol. The molecule has 1 aromatic carbocycles. The average Bonchev–Trinajstić information content (AvgIpc) is 3.50. The van der Waals surface area contributed by atoms with Crippen LogP contribution in [-0.2, 0) is 47.0 Å². The minimum absolute atomic E-state index is 0.0107. The molecule has 0 atom stereocenters. The monoisotopic (exact) mass is 681 g/mol. The number of hydrogen-bond donors (Lipinski definition) is 0. The molecule has 0 aliphatic carbocycles. The average molecular weight is 682 g/mol. The molecule has 2 aromatic heterocycles. The van der Waals surface area contributed by atoms with Gasteiger partial charge in [0.05, 0.1) is 81.1 Å². The first kappa shape index (κ1) is 35.6. The molecule has 48 heavy (non-hydrogen) atoms. The quantitative estimate of drug-likeness (QED) is 0.168. The largest absolute Gasteiger partial charge is 0.444 e. The molecule has 0 saturated carbocycles. The van der Waals surface area contributed by atoms with Crippen LogP contribution in [0.3, 0.4) is 0 Å². The maximum absolute atomic E-state index is 14.4. The number of carbonyl (C=O) groups excluding carboxylic acids is 2. The standard InChI is InChI=1S/C35H44ClN5O7/c1-5-15-44-17-19-46-21-22-47-20-18-45-16-14-40-29-7-6-26(36)23-28(29)38-31(40)25-41-30-24-37-11-8-27(30)35(32(41)42)9-12-39(13-10-35)33(43)48-34(2,3)4/h1,6-8,11,23-24H,9-10,12-22,25H2,2-4H3. The number of imidazole rings is 1. The Morgan fingerprint density at radius 2 is 1.67 bits per heavy atom. The Morgan fingerprint density at radius 3 is 2.33 bits per heavy atom. The van der Waals surface area contributed by atoms with Gasteiger partial charge >= 0.3 is 6.09 Å². The number of nitrogens with zero attached hydrogens (tertiary/aromatic N) is 5. The van der Waals surface area contributed by atoms with E-state index in [4.69, 9.17) is 46.7 Å². The molecule has 0 radical (unpaired) electrons. The van der Waals surface area contributed by atoms with Gasteiger partial charge in [0.1, 0.15) is 18.0 Å². The van der Waals surface area contributed by atoms with E-state index >= 15 is 0 Å². The molecule has 0 unspecified atom stereocenters. The summed E-state index contributed by atoms with van der Waals surface area (Å²) in [6, 6.07) is 7.52. The van der Waals surface area contributed by atoms with Crippen molar-refractivity contribution in [2.45, 2.75) is 57.7 Å². The van der Waals surface area contributed by atoms with Gasteiger partial charge in [0.2, 0.25) is 5.91 Å². The van der Waals surface area contributed by atoms with Gasteiger partial charge in [-0.3, -0.25) is 9.78 Å². The summed E-state index contributed by atoms with van der Waals surface area (Å²) in [5.41, 5.74) is 2.00. The van der Waals surface area contributed by atoms with Crippen LogP contribution in [0.4, 0.5) is 10.5 Å². The minimum Gasteiger partial charge on any atom is -0.444 e. The molecule has 12 nitrogen and oxygen atoms in total. The van der Waals surface area contributed by atoms with Crippen molar-refractivity contribution >= 4 is 40.3 Å². The van der Waals surface area contributed by atoms with E-state index in [0.29, 0.717) is 89.6 Å². The number of halogens is 1. The van der Waals surface area contributed by atoms with Crippen molar-refractivity contribution in [3.8, 4) is 12.3 Å². The molecule has 13 heteroatoms. The van der Waals surface area contributed by atoms with Crippen LogP contribution in [0.5, 0.6) is 0 Å². The van der Waals surface area contributed by atoms with Crippen LogP contribution < -0.4 is 4.90 Å². The number of aromatic nitrogens is 3. The first-order valence-electron chi connectivity index (χ1n) is 16.3. The minimum atomic E-state index is -0.749. The van der Waals surface area contributed by atoms with E-state index in [1.807, 2.05) is 45.0 Å². The fourth-order valence-corrected chi connectivity index (χ4v) is 6.30. The Balaban J connectivity index is 1.21. The molecule has 5 rings (SSSR count). The van der Waals surface area contributed by atoms with Crippen molar-refractivity contribution in [2.24, 2.45) is 0 Å². The van der Waals surface area contributed by atoms with Gasteiger partial charge in [0.25, 0.3) is 0 Å². The highest BCUT2D eigenvalue weighted by Gasteiger charge is 2.53. The van der Waals surface area contributed by atoms with Gasteiger partial charge in [-0.05, 0) is 63.4 Å². The number of piperidine rings is 1. The zero-order valence-corrected chi connectivity index (χ0v) is 28.7. The summed E-state index contributed by atoms with van der Waals surface area (Å²) in [5, 5.41) is 0.582. The van der Waals surface area contributed by atoms with Crippen molar-refractivity contribution in [2.75, 3.05) is 70.8 Å². The Morgan fingerprint density at radius 1 is 1.00 bits per heavy atom. The van der Waals surface area contributed by atoms with Crippen LogP contribution in [0, 0.1) is 12.3 Å². The lowest BCUT2D eigenvalue weighted by Gasteiger charge is -2.38. The lowest BCUT2D eigenvalue weighted by molar-refractivity contribution is -0.125. The third-order valence-electron chi connectivity index (χ3n) is 8.38. The van der Waals surface area contributed by atoms with E-state index in [0.717, 1.165) is 22.3 Å². The summed E-state index contributed by atoms with van der Waals surface area (Å²) in [6.45, 7) is 10.5. The molecule has 3 aromatic rings. The zero-order chi connectivity index (χ0) is 34.1. The Bertz CT molecular complexity index is 1610. The van der Waals surface area contributed by atoms with Crippen LogP contribution in [0.15, 0.2) is 36.7 Å². The molecule has 0 N–H and O–H groups in total. The number of pyridine rings is 1. The van der Waals surface area contributed by atoms with Crippen molar-refractivity contribution in [1.82, 2.24) is 19.4 Å². The second-order valence-electron chi connectivity index (χ2n) is 12.7. The first-order valence-corrected chi connectivity index (χ1v) is 16.6. The molecule has 4 heterocycles. The summed E-state index contributed by atoms with van der Waals surface area (Å²) in [5.74, 6) is 3.11. The van der Waals surface area contributed by atoms with E-state index in [1.54, 1.807) is 22.2 Å². The molecule has 2 amide bonds. The molecule has 258 valence electrons. The normalized spacial score (nSPS) is 15.7. The summed E-state index contributed by atoms with van der Waals surface area (Å²) >= 11 is 6.32. The number of carbonyl (C=O) groups is 2. The summed E-state index contributed by atoms with van der Waals surface area (Å²) in [4.78, 5) is 39.9. The van der Waals surface area contributed by atoms with Crippen molar-refractivity contribution in [1.29, 1.82) is 0 Å². The highest BCUT2D eigenvalue weighted by Crippen LogP contribution is 2.48. The van der Waals surface area contributed by atoms with Crippen molar-refractivity contribution in [3.05, 3.63) is 53.1 Å². The van der Waals surface area contributed by atoms with Crippen molar-refractivity contribution < 1.29 is 33.3 Å². The maximum atomic E-state index is 14.4. The lowest BCUT2D eigenvalue weighted by atomic mass is 9.74.